The molecule has 2 fully saturated rings. The monoisotopic (exact) mass is 394 g/mol. The Morgan fingerprint density at radius 3 is 2.79 bits per heavy atom. The molecule has 2 aromatic heterocycles. The highest BCUT2D eigenvalue weighted by Crippen LogP contribution is 2.33. The molecule has 152 valence electrons. The Bertz CT molecular complexity index is 992. The largest absolute Gasteiger partial charge is 0.339 e. The molecule has 3 aliphatic rings. The number of amides is 2. The predicted octanol–water partition coefficient (Wildman–Crippen LogP) is 1.78. The van der Waals surface area contributed by atoms with E-state index in [9.17, 15) is 9.59 Å². The highest BCUT2D eigenvalue weighted by atomic mass is 16.2. The van der Waals surface area contributed by atoms with Crippen LogP contribution in [0.25, 0.3) is 16.6 Å². The minimum Gasteiger partial charge on any atom is -0.339 e. The van der Waals surface area contributed by atoms with Crippen LogP contribution < -0.4 is 16.2 Å². The summed E-state index contributed by atoms with van der Waals surface area (Å²) in [4.78, 5) is 34.4. The number of pyridine rings is 1. The van der Waals surface area contributed by atoms with Crippen LogP contribution in [0.2, 0.25) is 0 Å². The summed E-state index contributed by atoms with van der Waals surface area (Å²) >= 11 is 0. The van der Waals surface area contributed by atoms with Gasteiger partial charge in [-0.3, -0.25) is 15.0 Å². The summed E-state index contributed by atoms with van der Waals surface area (Å²) in [5.74, 6) is 0.517. The van der Waals surface area contributed by atoms with Gasteiger partial charge < -0.3 is 15.2 Å². The Kier molecular flexibility index (Phi) is 4.60. The maximum absolute atomic E-state index is 12.4. The lowest BCUT2D eigenvalue weighted by molar-refractivity contribution is -0.132. The number of H-pyrrole nitrogens is 1. The standard InChI is InChI=1S/C21H26N6O2/c1-12-8-18(26-25-12)20(28)23-16-9-15-10-17(24-19(15)22-11-16)13-4-6-27(7-5-13)21(29)14-2-3-14/h4,9-12,14,18,25-26H,2-3,5-8H2,1H3,(H,22,24)(H,23,28). The van der Waals surface area contributed by atoms with Crippen molar-refractivity contribution in [2.45, 2.75) is 44.7 Å². The van der Waals surface area contributed by atoms with Gasteiger partial charge in [-0.15, -0.1) is 0 Å². The van der Waals surface area contributed by atoms with Crippen molar-refractivity contribution in [1.82, 2.24) is 25.7 Å². The number of fused-ring (bicyclic) bond motifs is 1. The van der Waals surface area contributed by atoms with E-state index < -0.39 is 0 Å². The lowest BCUT2D eigenvalue weighted by atomic mass is 10.0. The second-order valence-corrected chi connectivity index (χ2v) is 8.35. The second-order valence-electron chi connectivity index (χ2n) is 8.35. The number of carbonyl (C=O) groups excluding carboxylic acids is 2. The highest BCUT2D eigenvalue weighted by molar-refractivity contribution is 5.96. The fraction of sp³-hybridized carbons (Fsp3) is 0.476. The zero-order chi connectivity index (χ0) is 20.0. The molecule has 4 heterocycles. The summed E-state index contributed by atoms with van der Waals surface area (Å²) in [5, 5.41) is 3.90. The average Bonchev–Trinajstić information content (AvgIpc) is 3.35. The number of aromatic nitrogens is 2. The van der Waals surface area contributed by atoms with Crippen molar-refractivity contribution in [2.24, 2.45) is 5.92 Å². The van der Waals surface area contributed by atoms with Crippen LogP contribution in [0, 0.1) is 5.92 Å². The molecule has 0 aromatic carbocycles. The molecular weight excluding hydrogens is 368 g/mol. The molecule has 0 bridgehead atoms. The molecule has 1 saturated heterocycles. The van der Waals surface area contributed by atoms with Crippen molar-refractivity contribution < 1.29 is 9.59 Å². The van der Waals surface area contributed by atoms with Gasteiger partial charge in [-0.25, -0.2) is 10.4 Å². The molecular formula is C21H26N6O2. The lowest BCUT2D eigenvalue weighted by Gasteiger charge is -2.26. The summed E-state index contributed by atoms with van der Waals surface area (Å²) in [5.41, 5.74) is 9.80. The molecule has 8 heteroatoms. The smallest absolute Gasteiger partial charge is 0.242 e. The number of rotatable bonds is 4. The van der Waals surface area contributed by atoms with Crippen molar-refractivity contribution >= 4 is 34.1 Å². The molecule has 2 atom stereocenters. The van der Waals surface area contributed by atoms with E-state index in [1.807, 2.05) is 17.9 Å². The minimum atomic E-state index is -0.240. The van der Waals surface area contributed by atoms with Crippen LogP contribution in [0.5, 0.6) is 0 Å². The van der Waals surface area contributed by atoms with E-state index in [0.29, 0.717) is 18.1 Å². The first-order valence-electron chi connectivity index (χ1n) is 10.4. The van der Waals surface area contributed by atoms with Crippen molar-refractivity contribution in [2.75, 3.05) is 18.4 Å². The van der Waals surface area contributed by atoms with Gasteiger partial charge in [0.05, 0.1) is 11.9 Å². The molecule has 1 aliphatic carbocycles. The fourth-order valence-corrected chi connectivity index (χ4v) is 4.08. The van der Waals surface area contributed by atoms with Crippen LogP contribution in [0.3, 0.4) is 0 Å². The molecule has 5 rings (SSSR count). The summed E-state index contributed by atoms with van der Waals surface area (Å²) in [6.07, 6.45) is 7.50. The molecule has 8 nitrogen and oxygen atoms in total. The third-order valence-electron chi connectivity index (χ3n) is 5.94. The Hall–Kier alpha value is -2.71. The van der Waals surface area contributed by atoms with Gasteiger partial charge in [-0.1, -0.05) is 6.08 Å². The number of anilines is 1. The first-order chi connectivity index (χ1) is 14.1. The normalized spacial score (nSPS) is 24.6. The second kappa shape index (κ2) is 7.27. The molecule has 0 radical (unpaired) electrons. The maximum atomic E-state index is 12.4. The van der Waals surface area contributed by atoms with Crippen molar-refractivity contribution in [3.63, 3.8) is 0 Å². The van der Waals surface area contributed by atoms with Crippen LogP contribution in [0.15, 0.2) is 24.4 Å². The van der Waals surface area contributed by atoms with Gasteiger partial charge in [-0.2, -0.15) is 0 Å². The number of carbonyl (C=O) groups is 2. The van der Waals surface area contributed by atoms with E-state index in [0.717, 1.165) is 49.0 Å². The molecule has 0 spiro atoms. The quantitative estimate of drug-likeness (QED) is 0.633. The number of hydrazine groups is 1. The fourth-order valence-electron chi connectivity index (χ4n) is 4.08. The number of nitrogens with zero attached hydrogens (tertiary/aromatic N) is 2. The van der Waals surface area contributed by atoms with Gasteiger partial charge in [0.25, 0.3) is 0 Å². The first kappa shape index (κ1) is 18.3. The van der Waals surface area contributed by atoms with E-state index in [1.165, 1.54) is 5.57 Å². The molecule has 29 heavy (non-hydrogen) atoms. The van der Waals surface area contributed by atoms with Crippen molar-refractivity contribution in [1.29, 1.82) is 0 Å². The first-order valence-corrected chi connectivity index (χ1v) is 10.4. The van der Waals surface area contributed by atoms with Crippen molar-refractivity contribution in [3.8, 4) is 0 Å². The Labute approximate surface area is 169 Å². The SMILES string of the molecule is CC1CC(C(=O)Nc2cnc3[nH]c(C4=CCN(C(=O)C5CC5)CC4)cc3c2)NN1. The maximum Gasteiger partial charge on any atom is 0.242 e. The summed E-state index contributed by atoms with van der Waals surface area (Å²) in [6, 6.07) is 4.05. The van der Waals surface area contributed by atoms with E-state index in [1.54, 1.807) is 6.20 Å². The van der Waals surface area contributed by atoms with Crippen LogP contribution in [-0.4, -0.2) is 51.9 Å². The van der Waals surface area contributed by atoms with Gasteiger partial charge >= 0.3 is 0 Å². The molecule has 2 amide bonds. The third-order valence-corrected chi connectivity index (χ3v) is 5.94. The van der Waals surface area contributed by atoms with Gasteiger partial charge in [0.15, 0.2) is 0 Å². The summed E-state index contributed by atoms with van der Waals surface area (Å²) in [6.45, 7) is 3.48. The minimum absolute atomic E-state index is 0.0610. The summed E-state index contributed by atoms with van der Waals surface area (Å²) < 4.78 is 0. The van der Waals surface area contributed by atoms with Crippen LogP contribution in [-0.2, 0) is 9.59 Å². The summed E-state index contributed by atoms with van der Waals surface area (Å²) in [7, 11) is 0. The third kappa shape index (κ3) is 3.77. The van der Waals surface area contributed by atoms with Crippen LogP contribution in [0.4, 0.5) is 5.69 Å². The number of hydrogen-bond acceptors (Lipinski definition) is 5. The Morgan fingerprint density at radius 1 is 1.24 bits per heavy atom. The number of aromatic amines is 1. The highest BCUT2D eigenvalue weighted by Gasteiger charge is 2.33. The molecule has 2 aromatic rings. The molecule has 2 aliphatic heterocycles. The molecule has 1 saturated carbocycles. The Balaban J connectivity index is 1.28. The van der Waals surface area contributed by atoms with Gasteiger partial charge in [0, 0.05) is 36.1 Å². The van der Waals surface area contributed by atoms with E-state index in [4.69, 9.17) is 0 Å². The van der Waals surface area contributed by atoms with Crippen molar-refractivity contribution in [3.05, 3.63) is 30.1 Å². The van der Waals surface area contributed by atoms with E-state index in [-0.39, 0.29) is 23.9 Å². The van der Waals surface area contributed by atoms with E-state index in [2.05, 4.69) is 38.3 Å². The zero-order valence-electron chi connectivity index (χ0n) is 16.5. The van der Waals surface area contributed by atoms with E-state index >= 15 is 0 Å². The van der Waals surface area contributed by atoms with Gasteiger partial charge in [-0.05, 0) is 50.3 Å². The lowest BCUT2D eigenvalue weighted by Crippen LogP contribution is -2.39. The van der Waals surface area contributed by atoms with Gasteiger partial charge in [0.1, 0.15) is 11.7 Å². The topological polar surface area (TPSA) is 102 Å². The molecule has 2 unspecified atom stereocenters. The van der Waals surface area contributed by atoms with Crippen LogP contribution >= 0.6 is 0 Å². The molecule has 4 N–H and O–H groups in total. The predicted molar refractivity (Wildman–Crippen MR) is 111 cm³/mol. The van der Waals surface area contributed by atoms with Gasteiger partial charge in [0.2, 0.25) is 11.8 Å². The number of hydrogen-bond donors (Lipinski definition) is 4. The number of nitrogens with one attached hydrogen (secondary N) is 4. The zero-order valence-corrected chi connectivity index (χ0v) is 16.5. The Morgan fingerprint density at radius 2 is 2.10 bits per heavy atom. The van der Waals surface area contributed by atoms with Crippen LogP contribution in [0.1, 0.15) is 38.3 Å². The average molecular weight is 394 g/mol.